The summed E-state index contributed by atoms with van der Waals surface area (Å²) >= 11 is 0. The molecule has 0 spiro atoms. The fourth-order valence-electron chi connectivity index (χ4n) is 2.21. The van der Waals surface area contributed by atoms with Crippen LogP contribution < -0.4 is 10.1 Å². The van der Waals surface area contributed by atoms with Crippen molar-refractivity contribution in [2.75, 3.05) is 26.7 Å². The van der Waals surface area contributed by atoms with Gasteiger partial charge in [-0.05, 0) is 44.0 Å². The molecule has 1 aliphatic rings. The molecule has 1 amide bonds. The average Bonchev–Trinajstić information content (AvgIpc) is 2.41. The van der Waals surface area contributed by atoms with Crippen LogP contribution in [0.2, 0.25) is 0 Å². The van der Waals surface area contributed by atoms with E-state index in [-0.39, 0.29) is 6.09 Å². The number of hydrogen-bond acceptors (Lipinski definition) is 3. The number of nitrogens with one attached hydrogen (secondary N) is 1. The van der Waals surface area contributed by atoms with Crippen molar-refractivity contribution < 1.29 is 9.53 Å². The van der Waals surface area contributed by atoms with Gasteiger partial charge in [0.05, 0.1) is 0 Å². The van der Waals surface area contributed by atoms with E-state index in [0.717, 1.165) is 19.6 Å². The van der Waals surface area contributed by atoms with E-state index in [9.17, 15) is 4.79 Å². The summed E-state index contributed by atoms with van der Waals surface area (Å²) in [7, 11) is 1.79. The second-order valence-electron chi connectivity index (χ2n) is 4.77. The molecule has 0 radical (unpaired) electrons. The third-order valence-electron chi connectivity index (χ3n) is 3.19. The molecule has 4 nitrogen and oxygen atoms in total. The Morgan fingerprint density at radius 1 is 1.44 bits per heavy atom. The SMILES string of the molecule is CN(CC1CCCNC1)C(=O)Oc1ccccc1. The van der Waals surface area contributed by atoms with Crippen LogP contribution in [0.1, 0.15) is 12.8 Å². The number of amides is 1. The molecule has 2 rings (SSSR count). The summed E-state index contributed by atoms with van der Waals surface area (Å²) in [6.45, 7) is 2.83. The minimum atomic E-state index is -0.285. The number of ether oxygens (including phenoxy) is 1. The molecule has 1 heterocycles. The van der Waals surface area contributed by atoms with Gasteiger partial charge in [-0.2, -0.15) is 0 Å². The molecule has 1 N–H and O–H groups in total. The van der Waals surface area contributed by atoms with E-state index in [1.54, 1.807) is 24.1 Å². The average molecular weight is 248 g/mol. The molecule has 1 aromatic rings. The summed E-state index contributed by atoms with van der Waals surface area (Å²) in [6.07, 6.45) is 2.08. The van der Waals surface area contributed by atoms with Crippen LogP contribution in [-0.2, 0) is 0 Å². The molecular formula is C14H20N2O2. The van der Waals surface area contributed by atoms with Crippen molar-refractivity contribution in [1.29, 1.82) is 0 Å². The molecule has 0 bridgehead atoms. The first-order chi connectivity index (χ1) is 8.75. The van der Waals surface area contributed by atoms with E-state index in [2.05, 4.69) is 5.32 Å². The summed E-state index contributed by atoms with van der Waals surface area (Å²) in [5.74, 6) is 1.13. The number of hydrogen-bond donors (Lipinski definition) is 1. The zero-order chi connectivity index (χ0) is 12.8. The topological polar surface area (TPSA) is 41.6 Å². The Kier molecular flexibility index (Phi) is 4.59. The van der Waals surface area contributed by atoms with Crippen LogP contribution in [0.15, 0.2) is 30.3 Å². The van der Waals surface area contributed by atoms with E-state index in [1.165, 1.54) is 12.8 Å². The number of nitrogens with zero attached hydrogens (tertiary/aromatic N) is 1. The maximum Gasteiger partial charge on any atom is 0.414 e. The molecule has 18 heavy (non-hydrogen) atoms. The van der Waals surface area contributed by atoms with E-state index in [0.29, 0.717) is 11.7 Å². The predicted octanol–water partition coefficient (Wildman–Crippen LogP) is 2.12. The lowest BCUT2D eigenvalue weighted by atomic mass is 9.99. The fourth-order valence-corrected chi connectivity index (χ4v) is 2.21. The second-order valence-corrected chi connectivity index (χ2v) is 4.77. The summed E-state index contributed by atoms with van der Waals surface area (Å²) < 4.78 is 5.28. The third-order valence-corrected chi connectivity index (χ3v) is 3.19. The maximum absolute atomic E-state index is 11.9. The van der Waals surface area contributed by atoms with Crippen LogP contribution in [0, 0.1) is 5.92 Å². The van der Waals surface area contributed by atoms with Gasteiger partial charge in [0, 0.05) is 13.6 Å². The number of carbonyl (C=O) groups excluding carboxylic acids is 1. The van der Waals surface area contributed by atoms with Crippen molar-refractivity contribution in [3.63, 3.8) is 0 Å². The monoisotopic (exact) mass is 248 g/mol. The smallest absolute Gasteiger partial charge is 0.410 e. The quantitative estimate of drug-likeness (QED) is 0.891. The van der Waals surface area contributed by atoms with E-state index >= 15 is 0 Å². The Bertz CT molecular complexity index is 375. The first-order valence-electron chi connectivity index (χ1n) is 6.44. The Morgan fingerprint density at radius 2 is 2.22 bits per heavy atom. The largest absolute Gasteiger partial charge is 0.414 e. The molecule has 98 valence electrons. The molecule has 1 saturated heterocycles. The highest BCUT2D eigenvalue weighted by atomic mass is 16.6. The van der Waals surface area contributed by atoms with Gasteiger partial charge in [0.1, 0.15) is 5.75 Å². The zero-order valence-corrected chi connectivity index (χ0v) is 10.8. The van der Waals surface area contributed by atoms with Crippen LogP contribution in [0.4, 0.5) is 4.79 Å². The number of carbonyl (C=O) groups is 1. The molecule has 1 atom stereocenters. The van der Waals surface area contributed by atoms with Crippen molar-refractivity contribution in [2.45, 2.75) is 12.8 Å². The molecular weight excluding hydrogens is 228 g/mol. The van der Waals surface area contributed by atoms with E-state index < -0.39 is 0 Å². The van der Waals surface area contributed by atoms with Gasteiger partial charge in [-0.25, -0.2) is 4.79 Å². The lowest BCUT2D eigenvalue weighted by molar-refractivity contribution is 0.152. The highest BCUT2D eigenvalue weighted by Gasteiger charge is 2.19. The van der Waals surface area contributed by atoms with E-state index in [1.807, 2.05) is 18.2 Å². The molecule has 0 aliphatic carbocycles. The minimum absolute atomic E-state index is 0.285. The van der Waals surface area contributed by atoms with E-state index in [4.69, 9.17) is 4.74 Å². The summed E-state index contributed by atoms with van der Waals surface area (Å²) in [4.78, 5) is 13.5. The summed E-state index contributed by atoms with van der Waals surface area (Å²) in [5, 5.41) is 3.35. The van der Waals surface area contributed by atoms with Gasteiger partial charge >= 0.3 is 6.09 Å². The first-order valence-corrected chi connectivity index (χ1v) is 6.44. The van der Waals surface area contributed by atoms with Crippen LogP contribution >= 0.6 is 0 Å². The maximum atomic E-state index is 11.9. The Balaban J connectivity index is 1.81. The van der Waals surface area contributed by atoms with Crippen LogP contribution in [0.25, 0.3) is 0 Å². The van der Waals surface area contributed by atoms with Crippen molar-refractivity contribution in [2.24, 2.45) is 5.92 Å². The molecule has 1 aromatic carbocycles. The van der Waals surface area contributed by atoms with Crippen LogP contribution in [0.5, 0.6) is 5.75 Å². The number of para-hydroxylation sites is 1. The molecule has 0 saturated carbocycles. The van der Waals surface area contributed by atoms with Crippen molar-refractivity contribution in [1.82, 2.24) is 10.2 Å². The molecule has 1 fully saturated rings. The van der Waals surface area contributed by atoms with Gasteiger partial charge in [0.15, 0.2) is 0 Å². The highest BCUT2D eigenvalue weighted by Crippen LogP contribution is 2.13. The predicted molar refractivity (Wildman–Crippen MR) is 70.7 cm³/mol. The second kappa shape index (κ2) is 6.40. The van der Waals surface area contributed by atoms with Gasteiger partial charge in [-0.1, -0.05) is 18.2 Å². The Labute approximate surface area is 108 Å². The number of rotatable bonds is 3. The standard InChI is InChI=1S/C14H20N2O2/c1-16(11-12-6-5-9-15-10-12)14(17)18-13-7-3-2-4-8-13/h2-4,7-8,12,15H,5-6,9-11H2,1H3. The highest BCUT2D eigenvalue weighted by molar-refractivity contribution is 5.70. The first kappa shape index (κ1) is 12.9. The summed E-state index contributed by atoms with van der Waals surface area (Å²) in [6, 6.07) is 9.18. The van der Waals surface area contributed by atoms with Crippen molar-refractivity contribution >= 4 is 6.09 Å². The third kappa shape index (κ3) is 3.74. The lowest BCUT2D eigenvalue weighted by Gasteiger charge is -2.27. The lowest BCUT2D eigenvalue weighted by Crippen LogP contribution is -2.40. The van der Waals surface area contributed by atoms with Gasteiger partial charge < -0.3 is 15.0 Å². The zero-order valence-electron chi connectivity index (χ0n) is 10.8. The fraction of sp³-hybridized carbons (Fsp3) is 0.500. The van der Waals surface area contributed by atoms with Crippen LogP contribution in [0.3, 0.4) is 0 Å². The summed E-state index contributed by atoms with van der Waals surface area (Å²) in [5.41, 5.74) is 0. The molecule has 0 aromatic heterocycles. The Hall–Kier alpha value is -1.55. The van der Waals surface area contributed by atoms with Gasteiger partial charge in [0.2, 0.25) is 0 Å². The van der Waals surface area contributed by atoms with Gasteiger partial charge in [-0.15, -0.1) is 0 Å². The Morgan fingerprint density at radius 3 is 2.89 bits per heavy atom. The number of piperidine rings is 1. The van der Waals surface area contributed by atoms with Gasteiger partial charge in [-0.3, -0.25) is 0 Å². The minimum Gasteiger partial charge on any atom is -0.410 e. The molecule has 1 aliphatic heterocycles. The van der Waals surface area contributed by atoms with Gasteiger partial charge in [0.25, 0.3) is 0 Å². The molecule has 4 heteroatoms. The van der Waals surface area contributed by atoms with Crippen LogP contribution in [-0.4, -0.2) is 37.7 Å². The number of benzene rings is 1. The normalized spacial score (nSPS) is 19.3. The van der Waals surface area contributed by atoms with Crippen molar-refractivity contribution in [3.05, 3.63) is 30.3 Å². The van der Waals surface area contributed by atoms with Crippen molar-refractivity contribution in [3.8, 4) is 5.75 Å². The molecule has 1 unspecified atom stereocenters.